The van der Waals surface area contributed by atoms with Gasteiger partial charge in [-0.2, -0.15) is 0 Å². The minimum atomic E-state index is -0.789. The Morgan fingerprint density at radius 2 is 1.71 bits per heavy atom. The van der Waals surface area contributed by atoms with Crippen LogP contribution in [-0.4, -0.2) is 37.3 Å². The highest BCUT2D eigenvalue weighted by atomic mass is 16.6. The van der Waals surface area contributed by atoms with Gasteiger partial charge in [0.2, 0.25) is 5.75 Å². The number of fused-ring (bicyclic) bond motifs is 1. The molecule has 0 amide bonds. The number of aromatic nitrogens is 2. The number of carbonyl (C=O) groups excluding carboxylic acids is 1. The molecule has 3 aromatic rings. The van der Waals surface area contributed by atoms with Crippen LogP contribution in [0.5, 0.6) is 17.2 Å². The van der Waals surface area contributed by atoms with E-state index in [2.05, 4.69) is 9.97 Å². The molecular weight excluding hydrogens is 364 g/mol. The van der Waals surface area contributed by atoms with Gasteiger partial charge in [0, 0.05) is 0 Å². The maximum Gasteiger partial charge on any atom is 0.342 e. The Balaban J connectivity index is 1.92. The first-order chi connectivity index (χ1) is 13.5. The summed E-state index contributed by atoms with van der Waals surface area (Å²) in [5.74, 6) is 0.491. The van der Waals surface area contributed by atoms with Crippen LogP contribution >= 0.6 is 0 Å². The highest BCUT2D eigenvalue weighted by molar-refractivity contribution is 5.94. The topological polar surface area (TPSA) is 99.7 Å². The molecule has 0 fully saturated rings. The normalized spacial score (nSPS) is 11.7. The summed E-state index contributed by atoms with van der Waals surface area (Å²) in [5.41, 5.74) is 0.384. The lowest BCUT2D eigenvalue weighted by Crippen LogP contribution is -2.18. The van der Waals surface area contributed by atoms with Gasteiger partial charge in [0.25, 0.3) is 5.56 Å². The molecule has 0 aliphatic rings. The van der Waals surface area contributed by atoms with Gasteiger partial charge in [-0.3, -0.25) is 4.79 Å². The summed E-state index contributed by atoms with van der Waals surface area (Å²) in [6.45, 7) is 1.62. The van der Waals surface area contributed by atoms with Crippen LogP contribution in [0.25, 0.3) is 10.9 Å². The standard InChI is InChI=1S/C20H20N2O6/c1-11(18-21-14-8-6-5-7-12(14)19(23)22-18)28-20(24)13-9-10-15(25-2)17(27-4)16(13)26-3/h5-11H,1-4H3,(H,21,22,23)/t11-/m1/s1. The van der Waals surface area contributed by atoms with Gasteiger partial charge in [-0.25, -0.2) is 9.78 Å². The van der Waals surface area contributed by atoms with Gasteiger partial charge in [-0.05, 0) is 31.2 Å². The number of ether oxygens (including phenoxy) is 4. The van der Waals surface area contributed by atoms with Crippen LogP contribution in [-0.2, 0) is 4.74 Å². The molecule has 0 radical (unpaired) electrons. The molecule has 0 aliphatic heterocycles. The van der Waals surface area contributed by atoms with E-state index in [1.807, 2.05) is 0 Å². The van der Waals surface area contributed by atoms with Crippen molar-refractivity contribution in [2.45, 2.75) is 13.0 Å². The second kappa shape index (κ2) is 7.99. The lowest BCUT2D eigenvalue weighted by atomic mass is 10.1. The van der Waals surface area contributed by atoms with E-state index >= 15 is 0 Å². The summed E-state index contributed by atoms with van der Waals surface area (Å²) >= 11 is 0. The fourth-order valence-corrected chi connectivity index (χ4v) is 2.84. The summed E-state index contributed by atoms with van der Waals surface area (Å²) in [7, 11) is 4.35. The van der Waals surface area contributed by atoms with E-state index in [0.29, 0.717) is 16.7 Å². The summed E-state index contributed by atoms with van der Waals surface area (Å²) in [6, 6.07) is 10.0. The molecule has 0 bridgehead atoms. The highest BCUT2D eigenvalue weighted by Gasteiger charge is 2.24. The number of esters is 1. The Hall–Kier alpha value is -3.55. The number of H-pyrrole nitrogens is 1. The molecule has 2 aromatic carbocycles. The predicted molar refractivity (Wildman–Crippen MR) is 102 cm³/mol. The quantitative estimate of drug-likeness (QED) is 0.652. The Morgan fingerprint density at radius 3 is 2.39 bits per heavy atom. The molecule has 3 rings (SSSR count). The summed E-state index contributed by atoms with van der Waals surface area (Å²) < 4.78 is 21.3. The number of hydrogen-bond acceptors (Lipinski definition) is 7. The number of nitrogens with one attached hydrogen (secondary N) is 1. The molecule has 0 unspecified atom stereocenters. The van der Waals surface area contributed by atoms with Crippen LogP contribution in [0.1, 0.15) is 29.2 Å². The molecule has 8 heteroatoms. The van der Waals surface area contributed by atoms with E-state index in [1.54, 1.807) is 37.3 Å². The van der Waals surface area contributed by atoms with E-state index in [0.717, 1.165) is 0 Å². The Kier molecular flexibility index (Phi) is 5.49. The third-order valence-electron chi connectivity index (χ3n) is 4.22. The van der Waals surface area contributed by atoms with Crippen LogP contribution in [0, 0.1) is 0 Å². The molecular formula is C20H20N2O6. The molecule has 8 nitrogen and oxygen atoms in total. The molecule has 0 saturated heterocycles. The first kappa shape index (κ1) is 19.2. The molecule has 0 saturated carbocycles. The van der Waals surface area contributed by atoms with E-state index in [9.17, 15) is 9.59 Å². The number of para-hydroxylation sites is 1. The number of benzene rings is 2. The van der Waals surface area contributed by atoms with Gasteiger partial charge >= 0.3 is 5.97 Å². The van der Waals surface area contributed by atoms with Crippen molar-refractivity contribution in [2.24, 2.45) is 0 Å². The fourth-order valence-electron chi connectivity index (χ4n) is 2.84. The second-order valence-corrected chi connectivity index (χ2v) is 5.90. The number of aromatic amines is 1. The number of carbonyl (C=O) groups is 1. The summed E-state index contributed by atoms with van der Waals surface area (Å²) in [4.78, 5) is 32.0. The van der Waals surface area contributed by atoms with Gasteiger partial charge in [0.15, 0.2) is 23.4 Å². The predicted octanol–water partition coefficient (Wildman–Crippen LogP) is 2.87. The van der Waals surface area contributed by atoms with Gasteiger partial charge in [0.05, 0.1) is 32.2 Å². The lowest BCUT2D eigenvalue weighted by molar-refractivity contribution is 0.0315. The zero-order chi connectivity index (χ0) is 20.3. The minimum absolute atomic E-state index is 0.162. The minimum Gasteiger partial charge on any atom is -0.493 e. The van der Waals surface area contributed by atoms with Crippen molar-refractivity contribution >= 4 is 16.9 Å². The molecule has 0 aliphatic carbocycles. The van der Waals surface area contributed by atoms with Gasteiger partial charge in [0.1, 0.15) is 5.56 Å². The van der Waals surface area contributed by atoms with E-state index in [1.165, 1.54) is 27.4 Å². The zero-order valence-corrected chi connectivity index (χ0v) is 15.9. The van der Waals surface area contributed by atoms with Gasteiger partial charge in [-0.15, -0.1) is 0 Å². The monoisotopic (exact) mass is 384 g/mol. The average molecular weight is 384 g/mol. The Bertz CT molecular complexity index is 1080. The third kappa shape index (κ3) is 3.48. The van der Waals surface area contributed by atoms with Crippen LogP contribution in [0.15, 0.2) is 41.2 Å². The lowest BCUT2D eigenvalue weighted by Gasteiger charge is -2.17. The van der Waals surface area contributed by atoms with Crippen molar-refractivity contribution in [1.82, 2.24) is 9.97 Å². The molecule has 1 aromatic heterocycles. The van der Waals surface area contributed by atoms with E-state index < -0.39 is 12.1 Å². The van der Waals surface area contributed by atoms with Crippen molar-refractivity contribution in [3.8, 4) is 17.2 Å². The zero-order valence-electron chi connectivity index (χ0n) is 15.9. The smallest absolute Gasteiger partial charge is 0.342 e. The average Bonchev–Trinajstić information content (AvgIpc) is 2.72. The van der Waals surface area contributed by atoms with Crippen molar-refractivity contribution in [3.05, 3.63) is 58.1 Å². The number of hydrogen-bond donors (Lipinski definition) is 1. The molecule has 146 valence electrons. The van der Waals surface area contributed by atoms with Crippen molar-refractivity contribution in [2.75, 3.05) is 21.3 Å². The van der Waals surface area contributed by atoms with Crippen LogP contribution < -0.4 is 19.8 Å². The van der Waals surface area contributed by atoms with Crippen molar-refractivity contribution in [1.29, 1.82) is 0 Å². The van der Waals surface area contributed by atoms with Crippen molar-refractivity contribution in [3.63, 3.8) is 0 Å². The first-order valence-corrected chi connectivity index (χ1v) is 8.49. The summed E-state index contributed by atoms with van der Waals surface area (Å²) in [6.07, 6.45) is -0.789. The SMILES string of the molecule is COc1ccc(C(=O)O[C@H](C)c2nc3ccccc3c(=O)[nH]2)c(OC)c1OC. The Labute approximate surface area is 161 Å². The van der Waals surface area contributed by atoms with Crippen LogP contribution in [0.3, 0.4) is 0 Å². The maximum atomic E-state index is 12.7. The summed E-state index contributed by atoms with van der Waals surface area (Å²) in [5, 5.41) is 0.464. The van der Waals surface area contributed by atoms with E-state index in [4.69, 9.17) is 18.9 Å². The molecule has 28 heavy (non-hydrogen) atoms. The molecule has 1 N–H and O–H groups in total. The van der Waals surface area contributed by atoms with Crippen LogP contribution in [0.4, 0.5) is 0 Å². The van der Waals surface area contributed by atoms with E-state index in [-0.39, 0.29) is 28.4 Å². The van der Waals surface area contributed by atoms with Crippen LogP contribution in [0.2, 0.25) is 0 Å². The number of nitrogens with zero attached hydrogens (tertiary/aromatic N) is 1. The Morgan fingerprint density at radius 1 is 1.00 bits per heavy atom. The maximum absolute atomic E-state index is 12.7. The molecule has 0 spiro atoms. The second-order valence-electron chi connectivity index (χ2n) is 5.90. The molecule has 1 heterocycles. The van der Waals surface area contributed by atoms with Gasteiger partial charge in [-0.1, -0.05) is 12.1 Å². The van der Waals surface area contributed by atoms with Gasteiger partial charge < -0.3 is 23.9 Å². The van der Waals surface area contributed by atoms with Crippen molar-refractivity contribution < 1.29 is 23.7 Å². The largest absolute Gasteiger partial charge is 0.493 e. The molecule has 1 atom stereocenters. The number of rotatable bonds is 6. The fraction of sp³-hybridized carbons (Fsp3) is 0.250. The number of methoxy groups -OCH3 is 3. The highest BCUT2D eigenvalue weighted by Crippen LogP contribution is 2.40. The first-order valence-electron chi connectivity index (χ1n) is 8.49. The third-order valence-corrected chi connectivity index (χ3v) is 4.22.